The van der Waals surface area contributed by atoms with Crippen molar-refractivity contribution >= 4 is 51.2 Å². The van der Waals surface area contributed by atoms with Crippen LogP contribution in [-0.2, 0) is 0 Å². The maximum Gasteiger partial charge on any atom is 0.133 e. The van der Waals surface area contributed by atoms with Gasteiger partial charge in [-0.2, -0.15) is 0 Å². The third-order valence-corrected chi connectivity index (χ3v) is 15.3. The predicted molar refractivity (Wildman–Crippen MR) is 354 cm³/mol. The molecule has 0 bridgehead atoms. The number of furan rings is 3. The topological polar surface area (TPSA) is 149 Å². The van der Waals surface area contributed by atoms with E-state index in [0.29, 0.717) is 0 Å². The van der Waals surface area contributed by atoms with E-state index >= 15 is 0 Å². The third-order valence-electron chi connectivity index (χ3n) is 12.0. The predicted octanol–water partition coefficient (Wildman–Crippen LogP) is 19.1. The first kappa shape index (κ1) is 74.6. The SMILES string of the molecule is C.CN1CCCC1.Cc1cc(C)c(C)o1.Cc1cc(C)on1.Cc1ccc(N2CCCCC2)nc1.Cc1ccccn1.Cc1ccco1.Cc1coc(C)c1C.Cc1csc(C)n1.Cc1csc(C)n1.Cc1nccs1.Cc1ncsc1C. The Morgan fingerprint density at radius 3 is 1.36 bits per heavy atom. The van der Waals surface area contributed by atoms with Gasteiger partial charge in [0.2, 0.25) is 0 Å². The summed E-state index contributed by atoms with van der Waals surface area (Å²) in [6, 6.07) is 17.8. The fourth-order valence-electron chi connectivity index (χ4n) is 6.93. The number of thiazole rings is 4. The van der Waals surface area contributed by atoms with Crippen LogP contribution in [0.1, 0.15) is 139 Å². The Kier molecular flexibility index (Phi) is 38.9. The molecule has 83 heavy (non-hydrogen) atoms. The molecule has 0 radical (unpaired) electrons. The molecule has 2 aliphatic heterocycles. The van der Waals surface area contributed by atoms with Crippen molar-refractivity contribution in [2.75, 3.05) is 38.1 Å². The molecule has 0 aromatic carbocycles. The Bertz CT molecular complexity index is 2860. The van der Waals surface area contributed by atoms with Crippen LogP contribution in [0, 0.1) is 125 Å². The molecule has 0 aliphatic carbocycles. The molecule has 0 saturated carbocycles. The first-order valence-electron chi connectivity index (χ1n) is 27.7. The number of rotatable bonds is 1. The van der Waals surface area contributed by atoms with Gasteiger partial charge in [0.25, 0.3) is 0 Å². The van der Waals surface area contributed by atoms with Crippen LogP contribution in [0.4, 0.5) is 5.82 Å². The Hall–Kier alpha value is -6.37. The molecule has 10 aromatic heterocycles. The summed E-state index contributed by atoms with van der Waals surface area (Å²) < 4.78 is 19.9. The van der Waals surface area contributed by atoms with Gasteiger partial charge in [0.05, 0.1) is 44.4 Å². The van der Waals surface area contributed by atoms with Crippen LogP contribution < -0.4 is 4.90 Å². The fraction of sp³-hybridized carbons (Fsp3) is 0.439. The quantitative estimate of drug-likeness (QED) is 0.154. The highest BCUT2D eigenvalue weighted by molar-refractivity contribution is 7.10. The molecule has 17 heteroatoms. The maximum atomic E-state index is 5.21. The molecule has 0 N–H and O–H groups in total. The maximum absolute atomic E-state index is 5.21. The monoisotopic (exact) mass is 1210 g/mol. The number of nitrogens with zero attached hydrogens (tertiary/aromatic N) is 9. The van der Waals surface area contributed by atoms with Crippen LogP contribution in [0.3, 0.4) is 0 Å². The van der Waals surface area contributed by atoms with Crippen molar-refractivity contribution in [3.63, 3.8) is 0 Å². The summed E-state index contributed by atoms with van der Waals surface area (Å²) >= 11 is 6.75. The van der Waals surface area contributed by atoms with Crippen LogP contribution in [0.25, 0.3) is 0 Å². The van der Waals surface area contributed by atoms with Crippen molar-refractivity contribution < 1.29 is 17.8 Å². The zero-order chi connectivity index (χ0) is 60.8. The van der Waals surface area contributed by atoms with Gasteiger partial charge in [-0.15, -0.1) is 45.3 Å². The minimum Gasteiger partial charge on any atom is -0.470 e. The van der Waals surface area contributed by atoms with Crippen LogP contribution in [-0.4, -0.2) is 73.2 Å². The summed E-state index contributed by atoms with van der Waals surface area (Å²) in [4.78, 5) is 30.7. The van der Waals surface area contributed by atoms with E-state index in [9.17, 15) is 0 Å². The van der Waals surface area contributed by atoms with Gasteiger partial charge >= 0.3 is 0 Å². The fourth-order valence-corrected chi connectivity index (χ4v) is 9.15. The Morgan fingerprint density at radius 1 is 0.506 bits per heavy atom. The van der Waals surface area contributed by atoms with Crippen molar-refractivity contribution in [1.29, 1.82) is 0 Å². The summed E-state index contributed by atoms with van der Waals surface area (Å²) in [6.45, 7) is 40.9. The summed E-state index contributed by atoms with van der Waals surface area (Å²) in [5.74, 6) is 6.04. The van der Waals surface area contributed by atoms with Gasteiger partial charge in [-0.1, -0.05) is 24.7 Å². The largest absolute Gasteiger partial charge is 0.470 e. The highest BCUT2D eigenvalue weighted by Gasteiger charge is 2.11. The minimum absolute atomic E-state index is 0. The van der Waals surface area contributed by atoms with Crippen molar-refractivity contribution in [2.45, 2.75) is 164 Å². The van der Waals surface area contributed by atoms with Gasteiger partial charge in [0.1, 0.15) is 34.6 Å². The highest BCUT2D eigenvalue weighted by Crippen LogP contribution is 2.18. The summed E-state index contributed by atoms with van der Waals surface area (Å²) in [5, 5.41) is 13.1. The van der Waals surface area contributed by atoms with Crippen LogP contribution >= 0.6 is 45.3 Å². The summed E-state index contributed by atoms with van der Waals surface area (Å²) in [7, 11) is 2.17. The highest BCUT2D eigenvalue weighted by atomic mass is 32.1. The van der Waals surface area contributed by atoms with Crippen LogP contribution in [0.15, 0.2) is 125 Å². The minimum atomic E-state index is 0. The van der Waals surface area contributed by atoms with E-state index in [1.54, 1.807) is 70.3 Å². The van der Waals surface area contributed by atoms with Crippen LogP contribution in [0.2, 0.25) is 0 Å². The van der Waals surface area contributed by atoms with Gasteiger partial charge in [0, 0.05) is 75.8 Å². The first-order chi connectivity index (χ1) is 39.0. The molecule has 2 aliphatic rings. The second kappa shape index (κ2) is 43.3. The normalized spacial score (nSPS) is 11.7. The molecule has 0 atom stereocenters. The van der Waals surface area contributed by atoms with Gasteiger partial charge in [-0.25, -0.2) is 19.9 Å². The van der Waals surface area contributed by atoms with E-state index in [1.807, 2.05) is 163 Å². The number of aryl methyl sites for hydroxylation is 17. The molecule has 12 rings (SSSR count). The molecule has 13 nitrogen and oxygen atoms in total. The standard InChI is InChI=1S/C11H16N2.2C7H10O.C6H7N.C5H7NO.3C5H7NS.C5H11N.C5H6O.C4H5NS.CH4/c1-10-5-6-11(12-9-10)13-7-3-2-4-8-13;1-5-4-8-7(3)6(5)2;1-5-4-6(2)8-7(5)3;1-6-4-2-3-5-7-6;1-4-3-5(2)7-6-4;1-4-5(2)7-3-6-4;2*1-4-3-7-5(2)6-4;1-6-4-2-3-5-6;1-5-3-2-4-6-5;1-4-5-2-3-6-4;/h5-6,9H,2-4,7-8H2,1H3;2*4H,1-3H3;2-5H,1H3;4*3H,1-2H3;2-5H2,1H3;2-4H,1H3;2-3H,1H3;1H4. The average Bonchev–Trinajstić information content (AvgIpc) is 4.36. The first-order valence-corrected chi connectivity index (χ1v) is 31.2. The summed E-state index contributed by atoms with van der Waals surface area (Å²) in [6.07, 6.45) is 15.8. The second-order valence-corrected chi connectivity index (χ2v) is 24.1. The number of anilines is 1. The zero-order valence-electron chi connectivity index (χ0n) is 52.5. The number of piperidine rings is 1. The zero-order valence-corrected chi connectivity index (χ0v) is 55.8. The lowest BCUT2D eigenvalue weighted by Gasteiger charge is -2.27. The van der Waals surface area contributed by atoms with E-state index in [1.165, 1.54) is 85.4 Å². The van der Waals surface area contributed by atoms with Gasteiger partial charge in [0.15, 0.2) is 0 Å². The van der Waals surface area contributed by atoms with Crippen molar-refractivity contribution in [3.05, 3.63) is 207 Å². The van der Waals surface area contributed by atoms with E-state index in [-0.39, 0.29) is 7.43 Å². The van der Waals surface area contributed by atoms with Crippen LogP contribution in [0.5, 0.6) is 0 Å². The Balaban J connectivity index is 0.000000460. The third kappa shape index (κ3) is 36.1. The molecular weight excluding hydrogens is 1110 g/mol. The molecule has 0 spiro atoms. The lowest BCUT2D eigenvalue weighted by Crippen LogP contribution is -2.29. The summed E-state index contributed by atoms with van der Waals surface area (Å²) in [5.41, 5.74) is 12.3. The number of likely N-dealkylation sites (tertiary alicyclic amines) is 1. The lowest BCUT2D eigenvalue weighted by molar-refractivity contribution is 0.393. The Labute approximate surface area is 514 Å². The number of hydrogen-bond donors (Lipinski definition) is 0. The smallest absolute Gasteiger partial charge is 0.133 e. The number of hydrogen-bond acceptors (Lipinski definition) is 17. The van der Waals surface area contributed by atoms with Gasteiger partial charge < -0.3 is 27.6 Å². The van der Waals surface area contributed by atoms with Gasteiger partial charge in [-0.3, -0.25) is 9.97 Å². The molecule has 454 valence electrons. The van der Waals surface area contributed by atoms with E-state index < -0.39 is 0 Å². The van der Waals surface area contributed by atoms with E-state index in [2.05, 4.69) is 95.6 Å². The van der Waals surface area contributed by atoms with Crippen molar-refractivity contribution in [1.82, 2.24) is 40.0 Å². The van der Waals surface area contributed by atoms with E-state index in [4.69, 9.17) is 17.8 Å². The molecule has 10 aromatic rings. The number of pyridine rings is 2. The average molecular weight is 1210 g/mol. The van der Waals surface area contributed by atoms with Gasteiger partial charge in [-0.05, 0) is 236 Å². The Morgan fingerprint density at radius 2 is 1.14 bits per heavy atom. The second-order valence-electron chi connectivity index (χ2n) is 19.8. The molecule has 12 heterocycles. The molecule has 2 saturated heterocycles. The van der Waals surface area contributed by atoms with Crippen molar-refractivity contribution in [2.24, 2.45) is 0 Å². The molecule has 2 fully saturated rings. The molecule has 0 amide bonds. The number of aromatic nitrogens is 7. The molecular formula is C66H97N9O4S4. The van der Waals surface area contributed by atoms with Crippen molar-refractivity contribution in [3.8, 4) is 0 Å². The van der Waals surface area contributed by atoms with E-state index in [0.717, 1.165) is 78.1 Å². The molecule has 0 unspecified atom stereocenters. The lowest BCUT2D eigenvalue weighted by atomic mass is 10.1.